The van der Waals surface area contributed by atoms with Gasteiger partial charge in [-0.25, -0.2) is 12.7 Å². The molecule has 1 saturated carbocycles. The monoisotopic (exact) mass is 381 g/mol. The molecule has 1 aromatic carbocycles. The number of benzene rings is 1. The zero-order valence-electron chi connectivity index (χ0n) is 15.3. The van der Waals surface area contributed by atoms with Crippen molar-refractivity contribution in [1.29, 1.82) is 0 Å². The van der Waals surface area contributed by atoms with E-state index in [0.717, 1.165) is 30.0 Å². The van der Waals surface area contributed by atoms with Crippen molar-refractivity contribution in [3.05, 3.63) is 29.8 Å². The van der Waals surface area contributed by atoms with E-state index in [9.17, 15) is 23.1 Å². The average molecular weight is 381 g/mol. The molecule has 1 aliphatic carbocycles. The number of rotatable bonds is 8. The third-order valence-electron chi connectivity index (χ3n) is 5.06. The maximum atomic E-state index is 12.6. The van der Waals surface area contributed by atoms with Crippen molar-refractivity contribution < 1.29 is 23.1 Å². The molecular formula is C19H27NO5S. The second-order valence-electron chi connectivity index (χ2n) is 7.22. The highest BCUT2D eigenvalue weighted by Crippen LogP contribution is 2.31. The van der Waals surface area contributed by atoms with Crippen LogP contribution in [0.4, 0.5) is 0 Å². The van der Waals surface area contributed by atoms with Gasteiger partial charge in [-0.1, -0.05) is 44.2 Å². The second-order valence-corrected chi connectivity index (χ2v) is 9.37. The summed E-state index contributed by atoms with van der Waals surface area (Å²) in [5.74, 6) is -1.65. The van der Waals surface area contributed by atoms with Crippen LogP contribution in [0.25, 0.3) is 0 Å². The van der Waals surface area contributed by atoms with Crippen LogP contribution < -0.4 is 0 Å². The van der Waals surface area contributed by atoms with Crippen LogP contribution in [0.1, 0.15) is 55.3 Å². The molecule has 2 rings (SSSR count). The Kier molecular flexibility index (Phi) is 6.94. The second kappa shape index (κ2) is 8.77. The molecule has 0 amide bonds. The normalized spacial score (nSPS) is 17.2. The zero-order chi connectivity index (χ0) is 19.3. The summed E-state index contributed by atoms with van der Waals surface area (Å²) in [6.45, 7) is 0. The van der Waals surface area contributed by atoms with Gasteiger partial charge >= 0.3 is 5.97 Å². The summed E-state index contributed by atoms with van der Waals surface area (Å²) in [4.78, 5) is 24.2. The number of aliphatic carboxylic acids is 1. The Morgan fingerprint density at radius 1 is 1.19 bits per heavy atom. The van der Waals surface area contributed by atoms with Crippen LogP contribution in [-0.2, 0) is 14.8 Å². The molecule has 0 bridgehead atoms. The Balaban J connectivity index is 2.13. The summed E-state index contributed by atoms with van der Waals surface area (Å²) in [6, 6.07) is 5.82. The summed E-state index contributed by atoms with van der Waals surface area (Å²) in [7, 11) is -0.785. The third-order valence-corrected chi connectivity index (χ3v) is 6.87. The molecule has 6 nitrogen and oxygen atoms in total. The van der Waals surface area contributed by atoms with Crippen molar-refractivity contribution in [1.82, 2.24) is 4.31 Å². The SMILES string of the molecule is CN(C)S(=O)(=O)c1cccc(C(=O)CC(CC2CCCCC2)C(=O)O)c1. The number of hydrogen-bond acceptors (Lipinski definition) is 4. The number of sulfonamides is 1. The topological polar surface area (TPSA) is 91.8 Å². The van der Waals surface area contributed by atoms with Crippen molar-refractivity contribution in [3.63, 3.8) is 0 Å². The minimum absolute atomic E-state index is 0.0347. The molecule has 0 aromatic heterocycles. The van der Waals surface area contributed by atoms with E-state index in [2.05, 4.69) is 0 Å². The first kappa shape index (κ1) is 20.6. The van der Waals surface area contributed by atoms with Gasteiger partial charge in [0.2, 0.25) is 10.0 Å². The lowest BCUT2D eigenvalue weighted by atomic mass is 9.81. The molecule has 0 spiro atoms. The number of carbonyl (C=O) groups excluding carboxylic acids is 1. The molecule has 0 heterocycles. The fourth-order valence-electron chi connectivity index (χ4n) is 3.48. The van der Waals surface area contributed by atoms with E-state index >= 15 is 0 Å². The van der Waals surface area contributed by atoms with E-state index in [1.54, 1.807) is 0 Å². The van der Waals surface area contributed by atoms with E-state index < -0.39 is 21.9 Å². The number of nitrogens with zero attached hydrogens (tertiary/aromatic N) is 1. The highest BCUT2D eigenvalue weighted by Gasteiger charge is 2.27. The zero-order valence-corrected chi connectivity index (χ0v) is 16.2. The Labute approximate surface area is 155 Å². The van der Waals surface area contributed by atoms with Crippen LogP contribution in [0, 0.1) is 11.8 Å². The molecule has 1 N–H and O–H groups in total. The lowest BCUT2D eigenvalue weighted by Crippen LogP contribution is -2.23. The molecule has 0 aliphatic heterocycles. The first-order chi connectivity index (χ1) is 12.2. The van der Waals surface area contributed by atoms with Crippen LogP contribution in [0.15, 0.2) is 29.2 Å². The maximum Gasteiger partial charge on any atom is 0.306 e. The molecule has 1 unspecified atom stereocenters. The summed E-state index contributed by atoms with van der Waals surface area (Å²) in [5.41, 5.74) is 0.239. The van der Waals surface area contributed by atoms with Crippen LogP contribution in [-0.4, -0.2) is 43.7 Å². The molecule has 144 valence electrons. The number of Topliss-reactive ketones (excluding diaryl/α,β-unsaturated/α-hetero) is 1. The highest BCUT2D eigenvalue weighted by atomic mass is 32.2. The van der Waals surface area contributed by atoms with Gasteiger partial charge in [-0.15, -0.1) is 0 Å². The summed E-state index contributed by atoms with van der Waals surface area (Å²) in [5, 5.41) is 9.50. The molecule has 0 saturated heterocycles. The molecule has 1 fully saturated rings. The third kappa shape index (κ3) is 5.14. The summed E-state index contributed by atoms with van der Waals surface area (Å²) in [6.07, 6.45) is 5.89. The summed E-state index contributed by atoms with van der Waals surface area (Å²) < 4.78 is 25.5. The molecule has 7 heteroatoms. The van der Waals surface area contributed by atoms with Gasteiger partial charge in [-0.05, 0) is 24.5 Å². The van der Waals surface area contributed by atoms with E-state index in [1.807, 2.05) is 0 Å². The quantitative estimate of drug-likeness (QED) is 0.698. The standard InChI is InChI=1S/C19H27NO5S/c1-20(2)26(24,25)17-10-6-9-15(12-17)18(21)13-16(19(22)23)11-14-7-4-3-5-8-14/h6,9-10,12,14,16H,3-5,7-8,11,13H2,1-2H3,(H,22,23). The van der Waals surface area contributed by atoms with E-state index in [-0.39, 0.29) is 22.7 Å². The maximum absolute atomic E-state index is 12.6. The number of ketones is 1. The van der Waals surface area contributed by atoms with Gasteiger partial charge in [0, 0.05) is 26.1 Å². The Bertz CT molecular complexity index is 751. The van der Waals surface area contributed by atoms with Crippen molar-refractivity contribution in [2.75, 3.05) is 14.1 Å². The number of hydrogen-bond donors (Lipinski definition) is 1. The van der Waals surface area contributed by atoms with Gasteiger partial charge in [-0.3, -0.25) is 9.59 Å². The Morgan fingerprint density at radius 3 is 2.42 bits per heavy atom. The van der Waals surface area contributed by atoms with Crippen LogP contribution in [0.2, 0.25) is 0 Å². The van der Waals surface area contributed by atoms with Gasteiger partial charge in [0.05, 0.1) is 10.8 Å². The van der Waals surface area contributed by atoms with Gasteiger partial charge in [0.15, 0.2) is 5.78 Å². The highest BCUT2D eigenvalue weighted by molar-refractivity contribution is 7.89. The van der Waals surface area contributed by atoms with E-state index in [0.29, 0.717) is 12.3 Å². The van der Waals surface area contributed by atoms with Crippen molar-refractivity contribution in [3.8, 4) is 0 Å². The van der Waals surface area contributed by atoms with Crippen molar-refractivity contribution in [2.45, 2.75) is 49.8 Å². The van der Waals surface area contributed by atoms with E-state index in [4.69, 9.17) is 0 Å². The average Bonchev–Trinajstić information content (AvgIpc) is 2.61. The first-order valence-electron chi connectivity index (χ1n) is 9.00. The van der Waals surface area contributed by atoms with Crippen LogP contribution in [0.3, 0.4) is 0 Å². The van der Waals surface area contributed by atoms with Gasteiger partial charge in [0.1, 0.15) is 0 Å². The van der Waals surface area contributed by atoms with Crippen LogP contribution >= 0.6 is 0 Å². The molecule has 1 atom stereocenters. The van der Waals surface area contributed by atoms with Crippen LogP contribution in [0.5, 0.6) is 0 Å². The first-order valence-corrected chi connectivity index (χ1v) is 10.4. The molecule has 1 aliphatic rings. The Hall–Kier alpha value is -1.73. The van der Waals surface area contributed by atoms with Gasteiger partial charge in [0.25, 0.3) is 0 Å². The fraction of sp³-hybridized carbons (Fsp3) is 0.579. The molecule has 26 heavy (non-hydrogen) atoms. The molecule has 0 radical (unpaired) electrons. The number of carbonyl (C=O) groups is 2. The van der Waals surface area contributed by atoms with Gasteiger partial charge in [-0.2, -0.15) is 0 Å². The number of carboxylic acids is 1. The largest absolute Gasteiger partial charge is 0.481 e. The number of carboxylic acid groups (broad SMARTS) is 1. The Morgan fingerprint density at radius 2 is 1.85 bits per heavy atom. The molecular weight excluding hydrogens is 354 g/mol. The lowest BCUT2D eigenvalue weighted by molar-refractivity contribution is -0.142. The van der Waals surface area contributed by atoms with Gasteiger partial charge < -0.3 is 5.11 Å². The predicted octanol–water partition coefficient (Wildman–Crippen LogP) is 3.18. The van der Waals surface area contributed by atoms with Crippen molar-refractivity contribution >= 4 is 21.8 Å². The smallest absolute Gasteiger partial charge is 0.306 e. The van der Waals surface area contributed by atoms with E-state index in [1.165, 1.54) is 44.8 Å². The minimum atomic E-state index is -3.64. The molecule has 1 aromatic rings. The fourth-order valence-corrected chi connectivity index (χ4v) is 4.43. The summed E-state index contributed by atoms with van der Waals surface area (Å²) >= 11 is 0. The minimum Gasteiger partial charge on any atom is -0.481 e. The van der Waals surface area contributed by atoms with Crippen molar-refractivity contribution in [2.24, 2.45) is 11.8 Å². The lowest BCUT2D eigenvalue weighted by Gasteiger charge is -2.24. The predicted molar refractivity (Wildman–Crippen MR) is 98.6 cm³/mol.